The highest BCUT2D eigenvalue weighted by Crippen LogP contribution is 2.17. The van der Waals surface area contributed by atoms with E-state index in [1.807, 2.05) is 0 Å². The topological polar surface area (TPSA) is 38.0 Å². The van der Waals surface area contributed by atoms with Crippen LogP contribution in [0.1, 0.15) is 51.9 Å². The quantitative estimate of drug-likeness (QED) is 0.687. The normalized spacial score (nSPS) is 21.0. The van der Waals surface area contributed by atoms with E-state index in [2.05, 4.69) is 12.2 Å². The zero-order chi connectivity index (χ0) is 10.2. The Balaban J connectivity index is 2.10. The highest BCUT2D eigenvalue weighted by Gasteiger charge is 2.14. The van der Waals surface area contributed by atoms with Gasteiger partial charge in [-0.1, -0.05) is 32.6 Å². The van der Waals surface area contributed by atoms with Crippen LogP contribution in [0.3, 0.4) is 0 Å². The summed E-state index contributed by atoms with van der Waals surface area (Å²) in [7, 11) is 0. The molecule has 0 spiro atoms. The van der Waals surface area contributed by atoms with Crippen molar-refractivity contribution in [1.82, 2.24) is 5.32 Å². The fourth-order valence-corrected chi connectivity index (χ4v) is 2.35. The Morgan fingerprint density at radius 2 is 2.00 bits per heavy atom. The van der Waals surface area contributed by atoms with Crippen LogP contribution < -0.4 is 11.1 Å². The van der Waals surface area contributed by atoms with Crippen LogP contribution in [0.5, 0.6) is 0 Å². The lowest BCUT2D eigenvalue weighted by atomic mass is 9.94. The molecule has 0 aromatic heterocycles. The van der Waals surface area contributed by atoms with Crippen LogP contribution in [-0.2, 0) is 0 Å². The van der Waals surface area contributed by atoms with Gasteiger partial charge < -0.3 is 11.1 Å². The van der Waals surface area contributed by atoms with E-state index in [0.717, 1.165) is 19.1 Å². The van der Waals surface area contributed by atoms with Crippen molar-refractivity contribution in [1.29, 1.82) is 0 Å². The first-order valence-electron chi connectivity index (χ1n) is 6.30. The van der Waals surface area contributed by atoms with Crippen LogP contribution in [0.4, 0.5) is 0 Å². The van der Waals surface area contributed by atoms with E-state index in [1.165, 1.54) is 44.9 Å². The third-order valence-corrected chi connectivity index (χ3v) is 3.33. The van der Waals surface area contributed by atoms with Crippen LogP contribution in [-0.4, -0.2) is 19.1 Å². The first-order chi connectivity index (χ1) is 6.86. The molecule has 1 fully saturated rings. The van der Waals surface area contributed by atoms with Crippen molar-refractivity contribution >= 4 is 0 Å². The molecule has 0 saturated heterocycles. The maximum atomic E-state index is 5.73. The molecule has 1 aliphatic rings. The number of hydrogen-bond donors (Lipinski definition) is 2. The Bertz CT molecular complexity index is 126. The van der Waals surface area contributed by atoms with Crippen molar-refractivity contribution in [2.75, 3.05) is 13.1 Å². The van der Waals surface area contributed by atoms with Gasteiger partial charge in [-0.25, -0.2) is 0 Å². The molecule has 0 aliphatic heterocycles. The van der Waals surface area contributed by atoms with Crippen molar-refractivity contribution in [2.24, 2.45) is 11.7 Å². The van der Waals surface area contributed by atoms with E-state index in [-0.39, 0.29) is 0 Å². The summed E-state index contributed by atoms with van der Waals surface area (Å²) in [5.41, 5.74) is 5.73. The first-order valence-corrected chi connectivity index (χ1v) is 6.30. The minimum absolute atomic E-state index is 0.696. The van der Waals surface area contributed by atoms with Crippen LogP contribution in [0.2, 0.25) is 0 Å². The molecule has 1 rings (SSSR count). The van der Waals surface area contributed by atoms with E-state index in [1.54, 1.807) is 0 Å². The van der Waals surface area contributed by atoms with Gasteiger partial charge in [-0.3, -0.25) is 0 Å². The monoisotopic (exact) mass is 198 g/mol. The van der Waals surface area contributed by atoms with Gasteiger partial charge in [-0.05, 0) is 38.3 Å². The van der Waals surface area contributed by atoms with Gasteiger partial charge in [0.2, 0.25) is 0 Å². The van der Waals surface area contributed by atoms with E-state index in [4.69, 9.17) is 5.73 Å². The molecular weight excluding hydrogens is 172 g/mol. The molecule has 1 atom stereocenters. The molecule has 1 unspecified atom stereocenters. The lowest BCUT2D eigenvalue weighted by molar-refractivity contribution is 0.340. The molecule has 0 bridgehead atoms. The average molecular weight is 198 g/mol. The van der Waals surface area contributed by atoms with Crippen molar-refractivity contribution in [3.63, 3.8) is 0 Å². The van der Waals surface area contributed by atoms with Crippen LogP contribution in [0.15, 0.2) is 0 Å². The summed E-state index contributed by atoms with van der Waals surface area (Å²) in [5.74, 6) is 0.696. The van der Waals surface area contributed by atoms with Gasteiger partial charge in [0.25, 0.3) is 0 Å². The number of nitrogens with one attached hydrogen (secondary N) is 1. The lowest BCUT2D eigenvalue weighted by Crippen LogP contribution is -2.36. The third-order valence-electron chi connectivity index (χ3n) is 3.33. The Labute approximate surface area is 88.6 Å². The predicted molar refractivity (Wildman–Crippen MR) is 62.3 cm³/mol. The van der Waals surface area contributed by atoms with E-state index in [9.17, 15) is 0 Å². The molecule has 0 aromatic rings. The SMILES string of the molecule is CCCC(CN)CNC1CCCCC1. The lowest BCUT2D eigenvalue weighted by Gasteiger charge is -2.25. The molecule has 1 saturated carbocycles. The van der Waals surface area contributed by atoms with Crippen LogP contribution in [0.25, 0.3) is 0 Å². The van der Waals surface area contributed by atoms with E-state index < -0.39 is 0 Å². The highest BCUT2D eigenvalue weighted by molar-refractivity contribution is 4.73. The van der Waals surface area contributed by atoms with Crippen LogP contribution >= 0.6 is 0 Å². The van der Waals surface area contributed by atoms with Crippen molar-refractivity contribution in [3.8, 4) is 0 Å². The molecule has 1 aliphatic carbocycles. The number of hydrogen-bond acceptors (Lipinski definition) is 2. The maximum Gasteiger partial charge on any atom is 0.00671 e. The second-order valence-corrected chi connectivity index (χ2v) is 4.63. The van der Waals surface area contributed by atoms with E-state index in [0.29, 0.717) is 5.92 Å². The standard InChI is InChI=1S/C12H26N2/c1-2-6-11(9-13)10-14-12-7-4-3-5-8-12/h11-12,14H,2-10,13H2,1H3. The van der Waals surface area contributed by atoms with Crippen molar-refractivity contribution < 1.29 is 0 Å². The summed E-state index contributed by atoms with van der Waals surface area (Å²) < 4.78 is 0. The van der Waals surface area contributed by atoms with Gasteiger partial charge in [0, 0.05) is 6.04 Å². The van der Waals surface area contributed by atoms with Crippen LogP contribution in [0, 0.1) is 5.92 Å². The summed E-state index contributed by atoms with van der Waals surface area (Å²) in [6.07, 6.45) is 9.56. The van der Waals surface area contributed by atoms with E-state index >= 15 is 0 Å². The fourth-order valence-electron chi connectivity index (χ4n) is 2.35. The first kappa shape index (κ1) is 12.0. The smallest absolute Gasteiger partial charge is 0.00671 e. The summed E-state index contributed by atoms with van der Waals surface area (Å²) >= 11 is 0. The van der Waals surface area contributed by atoms with Crippen molar-refractivity contribution in [3.05, 3.63) is 0 Å². The molecule has 3 N–H and O–H groups in total. The van der Waals surface area contributed by atoms with Gasteiger partial charge in [-0.15, -0.1) is 0 Å². The van der Waals surface area contributed by atoms with Gasteiger partial charge in [0.05, 0.1) is 0 Å². The summed E-state index contributed by atoms with van der Waals surface area (Å²) in [6.45, 7) is 4.21. The summed E-state index contributed by atoms with van der Waals surface area (Å²) in [5, 5.41) is 3.68. The fraction of sp³-hybridized carbons (Fsp3) is 1.00. The second kappa shape index (κ2) is 7.24. The highest BCUT2D eigenvalue weighted by atomic mass is 14.9. The molecular formula is C12H26N2. The zero-order valence-electron chi connectivity index (χ0n) is 9.60. The average Bonchev–Trinajstić information content (AvgIpc) is 2.25. The Morgan fingerprint density at radius 3 is 2.57 bits per heavy atom. The van der Waals surface area contributed by atoms with Gasteiger partial charge in [-0.2, -0.15) is 0 Å². The summed E-state index contributed by atoms with van der Waals surface area (Å²) in [4.78, 5) is 0. The molecule has 0 heterocycles. The predicted octanol–water partition coefficient (Wildman–Crippen LogP) is 2.28. The third kappa shape index (κ3) is 4.43. The van der Waals surface area contributed by atoms with Crippen molar-refractivity contribution in [2.45, 2.75) is 57.9 Å². The molecule has 0 aromatic carbocycles. The molecule has 14 heavy (non-hydrogen) atoms. The maximum absolute atomic E-state index is 5.73. The van der Waals surface area contributed by atoms with Gasteiger partial charge in [0.1, 0.15) is 0 Å². The Kier molecular flexibility index (Phi) is 6.20. The Hall–Kier alpha value is -0.0800. The minimum Gasteiger partial charge on any atom is -0.330 e. The molecule has 0 amide bonds. The van der Waals surface area contributed by atoms with Gasteiger partial charge in [0.15, 0.2) is 0 Å². The molecule has 2 heteroatoms. The zero-order valence-corrected chi connectivity index (χ0v) is 9.60. The summed E-state index contributed by atoms with van der Waals surface area (Å²) in [6, 6.07) is 0.787. The molecule has 0 radical (unpaired) electrons. The number of rotatable bonds is 6. The molecule has 84 valence electrons. The largest absolute Gasteiger partial charge is 0.330 e. The number of nitrogens with two attached hydrogens (primary N) is 1. The minimum atomic E-state index is 0.696. The molecule has 2 nitrogen and oxygen atoms in total. The Morgan fingerprint density at radius 1 is 1.29 bits per heavy atom. The van der Waals surface area contributed by atoms with Gasteiger partial charge >= 0.3 is 0 Å². The second-order valence-electron chi connectivity index (χ2n) is 4.63.